The van der Waals surface area contributed by atoms with E-state index in [4.69, 9.17) is 0 Å². The number of thiazole rings is 1. The van der Waals surface area contributed by atoms with Crippen molar-refractivity contribution < 1.29 is 18.1 Å². The Kier molecular flexibility index (Phi) is 7.58. The topological polar surface area (TPSA) is 126 Å². The fourth-order valence-corrected chi connectivity index (χ4v) is 7.64. The molecular formula is C26H25N5O5S3. The third-order valence-electron chi connectivity index (χ3n) is 6.36. The lowest BCUT2D eigenvalue weighted by Crippen LogP contribution is -2.39. The van der Waals surface area contributed by atoms with Crippen LogP contribution in [0, 0.1) is 23.0 Å². The lowest BCUT2D eigenvalue weighted by Gasteiger charge is -2.30. The summed E-state index contributed by atoms with van der Waals surface area (Å²) in [6.07, 6.45) is 3.20. The minimum absolute atomic E-state index is 0.0373. The predicted octanol–water partition coefficient (Wildman–Crippen LogP) is 5.68. The zero-order valence-corrected chi connectivity index (χ0v) is 23.6. The zero-order valence-electron chi connectivity index (χ0n) is 21.2. The first-order valence-corrected chi connectivity index (χ1v) is 15.3. The highest BCUT2D eigenvalue weighted by atomic mass is 32.2. The summed E-state index contributed by atoms with van der Waals surface area (Å²) < 4.78 is 28.7. The average molecular weight is 584 g/mol. The molecule has 1 unspecified atom stereocenters. The van der Waals surface area contributed by atoms with E-state index in [1.807, 2.05) is 32.0 Å². The molecule has 0 saturated carbocycles. The van der Waals surface area contributed by atoms with Gasteiger partial charge >= 0.3 is 5.00 Å². The molecule has 10 nitrogen and oxygen atoms in total. The molecule has 1 aliphatic heterocycles. The van der Waals surface area contributed by atoms with Crippen LogP contribution in [-0.4, -0.2) is 47.8 Å². The van der Waals surface area contributed by atoms with Crippen LogP contribution in [0.5, 0.6) is 0 Å². The number of carbonyl (C=O) groups is 1. The smallest absolute Gasteiger partial charge is 0.267 e. The van der Waals surface area contributed by atoms with E-state index in [1.165, 1.54) is 52.2 Å². The van der Waals surface area contributed by atoms with Crippen LogP contribution in [-0.2, 0) is 10.0 Å². The summed E-state index contributed by atoms with van der Waals surface area (Å²) >= 11 is 2.22. The maximum Gasteiger partial charge on any atom is 0.324 e. The molecule has 0 N–H and O–H groups in total. The lowest BCUT2D eigenvalue weighted by atomic mass is 10.0. The molecule has 1 aliphatic rings. The summed E-state index contributed by atoms with van der Waals surface area (Å²) in [5, 5.41) is 16.8. The van der Waals surface area contributed by atoms with Gasteiger partial charge in [-0.25, -0.2) is 13.4 Å². The van der Waals surface area contributed by atoms with Crippen LogP contribution in [0.1, 0.15) is 40.6 Å². The average Bonchev–Trinajstić information content (AvgIpc) is 3.56. The van der Waals surface area contributed by atoms with Crippen molar-refractivity contribution in [1.82, 2.24) is 9.29 Å². The highest BCUT2D eigenvalue weighted by Crippen LogP contribution is 2.32. The number of hydrogen-bond acceptors (Lipinski definition) is 9. The monoisotopic (exact) mass is 583 g/mol. The van der Waals surface area contributed by atoms with E-state index < -0.39 is 20.9 Å². The molecule has 2 aromatic carbocycles. The van der Waals surface area contributed by atoms with Crippen molar-refractivity contribution in [1.29, 1.82) is 0 Å². The van der Waals surface area contributed by atoms with Gasteiger partial charge in [0.25, 0.3) is 5.91 Å². The van der Waals surface area contributed by atoms with Gasteiger partial charge in [0, 0.05) is 24.7 Å². The molecule has 202 valence electrons. The summed E-state index contributed by atoms with van der Waals surface area (Å²) in [6, 6.07) is 14.5. The Morgan fingerprint density at radius 2 is 1.95 bits per heavy atom. The second kappa shape index (κ2) is 10.9. The molecule has 1 amide bonds. The van der Waals surface area contributed by atoms with Gasteiger partial charge in [-0.2, -0.15) is 14.4 Å². The van der Waals surface area contributed by atoms with Crippen molar-refractivity contribution in [2.24, 2.45) is 11.0 Å². The summed E-state index contributed by atoms with van der Waals surface area (Å²) in [7, 11) is -3.67. The molecule has 0 bridgehead atoms. The fourth-order valence-electron chi connectivity index (χ4n) is 4.33. The number of rotatable bonds is 7. The number of benzene rings is 2. The number of anilines is 1. The van der Waals surface area contributed by atoms with Crippen molar-refractivity contribution in [3.8, 4) is 0 Å². The van der Waals surface area contributed by atoms with Gasteiger partial charge in [-0.15, -0.1) is 0 Å². The summed E-state index contributed by atoms with van der Waals surface area (Å²) in [5.41, 5.74) is 1.98. The first-order chi connectivity index (χ1) is 18.6. The predicted molar refractivity (Wildman–Crippen MR) is 153 cm³/mol. The van der Waals surface area contributed by atoms with Gasteiger partial charge < -0.3 is 0 Å². The van der Waals surface area contributed by atoms with Crippen LogP contribution in [0.15, 0.2) is 64.6 Å². The fraction of sp³-hybridized carbons (Fsp3) is 0.269. The quantitative estimate of drug-likeness (QED) is 0.157. The maximum atomic E-state index is 13.6. The first-order valence-electron chi connectivity index (χ1n) is 12.2. The molecule has 5 rings (SSSR count). The van der Waals surface area contributed by atoms with Crippen molar-refractivity contribution in [3.05, 3.63) is 80.7 Å². The van der Waals surface area contributed by atoms with Crippen molar-refractivity contribution in [3.63, 3.8) is 0 Å². The molecular weight excluding hydrogens is 559 g/mol. The van der Waals surface area contributed by atoms with E-state index >= 15 is 0 Å². The molecule has 0 spiro atoms. The molecule has 3 heterocycles. The van der Waals surface area contributed by atoms with Gasteiger partial charge in [0.1, 0.15) is 0 Å². The van der Waals surface area contributed by atoms with Gasteiger partial charge in [-0.1, -0.05) is 35.7 Å². The molecule has 0 radical (unpaired) electrons. The van der Waals surface area contributed by atoms with E-state index in [9.17, 15) is 23.3 Å². The lowest BCUT2D eigenvalue weighted by molar-refractivity contribution is -0.380. The van der Waals surface area contributed by atoms with E-state index in [0.29, 0.717) is 34.5 Å². The Hall–Kier alpha value is -3.52. The largest absolute Gasteiger partial charge is 0.324 e. The molecule has 4 aromatic rings. The molecule has 0 aliphatic carbocycles. The highest BCUT2D eigenvalue weighted by Gasteiger charge is 2.29. The second-order valence-electron chi connectivity index (χ2n) is 9.40. The number of hydrogen-bond donors (Lipinski definition) is 0. The van der Waals surface area contributed by atoms with Crippen LogP contribution in [0.2, 0.25) is 0 Å². The minimum Gasteiger partial charge on any atom is -0.267 e. The van der Waals surface area contributed by atoms with Gasteiger partial charge in [-0.3, -0.25) is 14.9 Å². The van der Waals surface area contributed by atoms with Crippen LogP contribution < -0.4 is 5.01 Å². The molecule has 1 saturated heterocycles. The standard InChI is InChI=1S/C26H25N5O5S3/c1-17-5-11-22-23(14-17)38-26(28-22)30(27-15-20-8-12-24(37-20)31(33)34)25(32)19-6-9-21(10-7-19)39(35,36)29-13-3-4-18(2)16-29/h5-12,14-15,18H,3-4,13,16H2,1-2H3/b27-15+. The van der Waals surface area contributed by atoms with Crippen LogP contribution >= 0.6 is 22.7 Å². The number of nitrogens with zero attached hydrogens (tertiary/aromatic N) is 5. The van der Waals surface area contributed by atoms with Gasteiger partial charge in [-0.05, 0) is 73.7 Å². The number of piperidine rings is 1. The number of hydrazone groups is 1. The Balaban J connectivity index is 1.47. The van der Waals surface area contributed by atoms with Crippen LogP contribution in [0.3, 0.4) is 0 Å². The van der Waals surface area contributed by atoms with Gasteiger partial charge in [0.2, 0.25) is 15.2 Å². The SMILES string of the molecule is Cc1ccc2nc(N(/N=C/c3ccc([N+](=O)[O-])s3)C(=O)c3ccc(S(=O)(=O)N4CCCC(C)C4)cc3)sc2c1. The molecule has 39 heavy (non-hydrogen) atoms. The number of fused-ring (bicyclic) bond motifs is 1. The van der Waals surface area contributed by atoms with E-state index in [2.05, 4.69) is 10.1 Å². The first kappa shape index (κ1) is 27.1. The zero-order chi connectivity index (χ0) is 27.7. The van der Waals surface area contributed by atoms with Crippen LogP contribution in [0.4, 0.5) is 10.1 Å². The second-order valence-corrected chi connectivity index (χ2v) is 13.4. The number of aromatic nitrogens is 1. The number of nitro groups is 1. The Morgan fingerprint density at radius 1 is 1.18 bits per heavy atom. The highest BCUT2D eigenvalue weighted by molar-refractivity contribution is 7.89. The van der Waals surface area contributed by atoms with E-state index in [0.717, 1.165) is 39.5 Å². The number of aryl methyl sites for hydroxylation is 1. The number of thiophene rings is 1. The third-order valence-corrected chi connectivity index (χ3v) is 10.2. The Bertz CT molecular complexity index is 1680. The number of amides is 1. The van der Waals surface area contributed by atoms with Gasteiger partial charge in [0.05, 0.1) is 31.1 Å². The molecule has 13 heteroatoms. The van der Waals surface area contributed by atoms with Crippen molar-refractivity contribution in [2.75, 3.05) is 18.1 Å². The van der Waals surface area contributed by atoms with E-state index in [1.54, 1.807) is 6.07 Å². The molecule has 1 atom stereocenters. The Labute approximate surface area is 233 Å². The summed E-state index contributed by atoms with van der Waals surface area (Å²) in [5.74, 6) is -0.216. The number of carbonyl (C=O) groups excluding carboxylic acids is 1. The van der Waals surface area contributed by atoms with Gasteiger partial charge in [0.15, 0.2) is 0 Å². The molecule has 1 fully saturated rings. The minimum atomic E-state index is -3.67. The summed E-state index contributed by atoms with van der Waals surface area (Å²) in [4.78, 5) is 29.4. The van der Waals surface area contributed by atoms with E-state index in [-0.39, 0.29) is 15.5 Å². The number of sulfonamides is 1. The van der Waals surface area contributed by atoms with Crippen LogP contribution in [0.25, 0.3) is 10.2 Å². The molecule has 2 aromatic heterocycles. The normalized spacial score (nSPS) is 16.6. The maximum absolute atomic E-state index is 13.6. The van der Waals surface area contributed by atoms with Crippen molar-refractivity contribution in [2.45, 2.75) is 31.6 Å². The Morgan fingerprint density at radius 3 is 2.64 bits per heavy atom. The van der Waals surface area contributed by atoms with Crippen molar-refractivity contribution >= 4 is 65.2 Å². The summed E-state index contributed by atoms with van der Waals surface area (Å²) in [6.45, 7) is 4.96. The third kappa shape index (κ3) is 5.76.